The number of ether oxygens (including phenoxy) is 6. The van der Waals surface area contributed by atoms with Gasteiger partial charge in [-0.1, -0.05) is 31.1 Å². The molecule has 0 aliphatic heterocycles. The Labute approximate surface area is 300 Å². The van der Waals surface area contributed by atoms with E-state index < -0.39 is 35.0 Å². The van der Waals surface area contributed by atoms with Gasteiger partial charge in [0.2, 0.25) is 17.7 Å². The molecule has 0 aliphatic carbocycles. The molecule has 0 bridgehead atoms. The van der Waals surface area contributed by atoms with Crippen LogP contribution in [0.25, 0.3) is 10.4 Å². The Morgan fingerprint density at radius 1 is 0.808 bits per heavy atom. The first-order valence-corrected chi connectivity index (χ1v) is 16.4. The number of azide groups is 1. The molecule has 19 nitrogen and oxygen atoms in total. The highest BCUT2D eigenvalue weighted by Crippen LogP contribution is 2.18. The number of rotatable bonds is 25. The number of nitro benzene ring substituents is 1. The summed E-state index contributed by atoms with van der Waals surface area (Å²) in [4.78, 5) is 63.0. The maximum atomic E-state index is 13.0. The average Bonchev–Trinajstić information content (AvgIpc) is 3.11. The van der Waals surface area contributed by atoms with Gasteiger partial charge in [-0.25, -0.2) is 4.79 Å². The second-order valence-corrected chi connectivity index (χ2v) is 11.3. The van der Waals surface area contributed by atoms with Crippen molar-refractivity contribution in [2.45, 2.75) is 45.9 Å². The smallest absolute Gasteiger partial charge is 0.429 e. The van der Waals surface area contributed by atoms with Gasteiger partial charge in [-0.05, 0) is 48.2 Å². The van der Waals surface area contributed by atoms with Crippen LogP contribution in [0.3, 0.4) is 0 Å². The van der Waals surface area contributed by atoms with Gasteiger partial charge in [0.25, 0.3) is 5.69 Å². The molecule has 0 aliphatic rings. The van der Waals surface area contributed by atoms with E-state index in [1.54, 1.807) is 38.1 Å². The molecule has 284 valence electrons. The van der Waals surface area contributed by atoms with Crippen LogP contribution in [0.2, 0.25) is 0 Å². The second kappa shape index (κ2) is 24.8. The van der Waals surface area contributed by atoms with Crippen LogP contribution >= 0.6 is 0 Å². The second-order valence-electron chi connectivity index (χ2n) is 11.3. The summed E-state index contributed by atoms with van der Waals surface area (Å²) < 4.78 is 31.4. The van der Waals surface area contributed by atoms with Crippen LogP contribution in [0.4, 0.5) is 16.2 Å². The molecule has 52 heavy (non-hydrogen) atoms. The maximum Gasteiger partial charge on any atom is 0.514 e. The molecule has 2 rings (SSSR count). The monoisotopic (exact) mass is 731 g/mol. The summed E-state index contributed by atoms with van der Waals surface area (Å²) in [6.07, 6.45) is -0.974. The molecule has 0 saturated carbocycles. The molecule has 0 heterocycles. The number of carbonyl (C=O) groups excluding carboxylic acids is 4. The first-order chi connectivity index (χ1) is 25.0. The van der Waals surface area contributed by atoms with Gasteiger partial charge in [0.1, 0.15) is 24.4 Å². The number of nitro groups is 1. The highest BCUT2D eigenvalue weighted by Gasteiger charge is 2.27. The van der Waals surface area contributed by atoms with Crippen LogP contribution in [0.1, 0.15) is 32.8 Å². The van der Waals surface area contributed by atoms with E-state index in [1.165, 1.54) is 31.2 Å². The standard InChI is InChI=1S/C33H45N7O12/c1-23(2)30(38-29(41)12-14-47-16-18-49-20-21-50-19-17-48-15-13-35-39-34)32(43)36-24(3)31(42)37-26-6-4-25(5-7-26)22-51-33(44)52-28-10-8-27(9-11-28)40(45)46/h4-11,23-24,30H,12-22H2,1-3H3,(H,36,43)(H,37,42)(H,38,41)/t24-,30-/m0/s1. The summed E-state index contributed by atoms with van der Waals surface area (Å²) in [7, 11) is 0. The van der Waals surface area contributed by atoms with E-state index in [-0.39, 0.29) is 56.0 Å². The normalized spacial score (nSPS) is 11.8. The first kappa shape index (κ1) is 42.8. The number of amides is 3. The zero-order valence-electron chi connectivity index (χ0n) is 29.3. The van der Waals surface area contributed by atoms with Gasteiger partial charge in [0.05, 0.1) is 57.8 Å². The topological polar surface area (TPSA) is 252 Å². The summed E-state index contributed by atoms with van der Waals surface area (Å²) in [6, 6.07) is 9.54. The summed E-state index contributed by atoms with van der Waals surface area (Å²) >= 11 is 0. The molecule has 0 radical (unpaired) electrons. The van der Waals surface area contributed by atoms with E-state index >= 15 is 0 Å². The number of non-ortho nitro benzene ring substituents is 1. The SMILES string of the molecule is CC(C)[C@H](NC(=O)CCOCCOCCOCCOCCN=[N+]=[N-])C(=O)N[C@@H](C)C(=O)Nc1ccc(COC(=O)Oc2ccc([N+](=O)[O-])cc2)cc1. The predicted molar refractivity (Wildman–Crippen MR) is 185 cm³/mol. The van der Waals surface area contributed by atoms with E-state index in [9.17, 15) is 29.3 Å². The van der Waals surface area contributed by atoms with Gasteiger partial charge in [-0.3, -0.25) is 24.5 Å². The Kier molecular flexibility index (Phi) is 20.4. The van der Waals surface area contributed by atoms with Crippen LogP contribution in [-0.4, -0.2) is 100 Å². The lowest BCUT2D eigenvalue weighted by Gasteiger charge is -2.24. The lowest BCUT2D eigenvalue weighted by atomic mass is 10.0. The third-order valence-corrected chi connectivity index (χ3v) is 6.83. The van der Waals surface area contributed by atoms with Crippen molar-refractivity contribution in [1.82, 2.24) is 10.6 Å². The quantitative estimate of drug-likeness (QED) is 0.0193. The molecule has 2 aromatic carbocycles. The van der Waals surface area contributed by atoms with Crippen LogP contribution in [0.15, 0.2) is 53.6 Å². The van der Waals surface area contributed by atoms with Gasteiger partial charge in [-0.15, -0.1) is 0 Å². The fourth-order valence-electron chi connectivity index (χ4n) is 4.06. The van der Waals surface area contributed by atoms with Crippen molar-refractivity contribution in [1.29, 1.82) is 0 Å². The van der Waals surface area contributed by atoms with Crippen LogP contribution in [-0.2, 0) is 44.7 Å². The van der Waals surface area contributed by atoms with Crippen molar-refractivity contribution >= 4 is 35.3 Å². The third kappa shape index (κ3) is 18.1. The lowest BCUT2D eigenvalue weighted by Crippen LogP contribution is -2.53. The number of hydrogen-bond acceptors (Lipinski definition) is 13. The zero-order chi connectivity index (χ0) is 38.1. The van der Waals surface area contributed by atoms with Crippen molar-refractivity contribution in [3.05, 3.63) is 74.7 Å². The molecular formula is C33H45N7O12. The van der Waals surface area contributed by atoms with Crippen molar-refractivity contribution in [2.24, 2.45) is 11.0 Å². The number of anilines is 1. The molecule has 0 unspecified atom stereocenters. The van der Waals surface area contributed by atoms with Crippen LogP contribution in [0.5, 0.6) is 5.75 Å². The minimum Gasteiger partial charge on any atom is -0.429 e. The summed E-state index contributed by atoms with van der Waals surface area (Å²) in [5, 5.41) is 22.1. The summed E-state index contributed by atoms with van der Waals surface area (Å²) in [5.74, 6) is -1.57. The van der Waals surface area contributed by atoms with Gasteiger partial charge in [0.15, 0.2) is 0 Å². The van der Waals surface area contributed by atoms with E-state index in [1.807, 2.05) is 0 Å². The molecule has 0 spiro atoms. The van der Waals surface area contributed by atoms with E-state index in [0.717, 1.165) is 0 Å². The molecule has 0 fully saturated rings. The summed E-state index contributed by atoms with van der Waals surface area (Å²) in [5.41, 5.74) is 9.04. The molecular weight excluding hydrogens is 686 g/mol. The van der Waals surface area contributed by atoms with Gasteiger partial charge >= 0.3 is 6.16 Å². The highest BCUT2D eigenvalue weighted by molar-refractivity contribution is 5.98. The Balaban J connectivity index is 1.63. The van der Waals surface area contributed by atoms with Gasteiger partial charge in [0, 0.05) is 35.7 Å². The van der Waals surface area contributed by atoms with E-state index in [0.29, 0.717) is 50.9 Å². The molecule has 19 heteroatoms. The molecule has 2 atom stereocenters. The van der Waals surface area contributed by atoms with Crippen LogP contribution < -0.4 is 20.7 Å². The molecule has 3 N–H and O–H groups in total. The van der Waals surface area contributed by atoms with Crippen molar-refractivity contribution < 1.29 is 52.5 Å². The predicted octanol–water partition coefficient (Wildman–Crippen LogP) is 3.66. The van der Waals surface area contributed by atoms with Gasteiger partial charge in [-0.2, -0.15) is 0 Å². The Morgan fingerprint density at radius 2 is 1.38 bits per heavy atom. The van der Waals surface area contributed by atoms with Crippen molar-refractivity contribution in [2.75, 3.05) is 64.7 Å². The number of benzene rings is 2. The zero-order valence-corrected chi connectivity index (χ0v) is 29.3. The van der Waals surface area contributed by atoms with E-state index in [2.05, 4.69) is 26.0 Å². The number of carbonyl (C=O) groups is 4. The van der Waals surface area contributed by atoms with Gasteiger partial charge < -0.3 is 44.4 Å². The number of nitrogens with one attached hydrogen (secondary N) is 3. The minimum absolute atomic E-state index is 0.0251. The molecule has 0 aromatic heterocycles. The number of nitrogens with zero attached hydrogens (tertiary/aromatic N) is 4. The minimum atomic E-state index is -0.999. The van der Waals surface area contributed by atoms with E-state index in [4.69, 9.17) is 34.0 Å². The molecule has 3 amide bonds. The Hall–Kier alpha value is -5.33. The molecule has 0 saturated heterocycles. The third-order valence-electron chi connectivity index (χ3n) is 6.83. The lowest BCUT2D eigenvalue weighted by molar-refractivity contribution is -0.384. The maximum absolute atomic E-state index is 13.0. The van der Waals surface area contributed by atoms with Crippen molar-refractivity contribution in [3.63, 3.8) is 0 Å². The van der Waals surface area contributed by atoms with Crippen LogP contribution in [0, 0.1) is 16.0 Å². The highest BCUT2D eigenvalue weighted by atomic mass is 16.7. The fraction of sp³-hybridized carbons (Fsp3) is 0.515. The Bertz CT molecular complexity index is 1470. The average molecular weight is 732 g/mol. The largest absolute Gasteiger partial charge is 0.514 e. The fourth-order valence-corrected chi connectivity index (χ4v) is 4.06. The first-order valence-electron chi connectivity index (χ1n) is 16.4. The van der Waals surface area contributed by atoms with Crippen molar-refractivity contribution in [3.8, 4) is 5.75 Å². The molecule has 2 aromatic rings. The number of hydrogen-bond donors (Lipinski definition) is 3. The summed E-state index contributed by atoms with van der Waals surface area (Å²) in [6.45, 7) is 7.75. The Morgan fingerprint density at radius 3 is 1.94 bits per heavy atom.